The zero-order chi connectivity index (χ0) is 12.5. The van der Waals surface area contributed by atoms with Gasteiger partial charge in [0.15, 0.2) is 0 Å². The van der Waals surface area contributed by atoms with Gasteiger partial charge >= 0.3 is 0 Å². The number of hydrogen-bond acceptors (Lipinski definition) is 1. The van der Waals surface area contributed by atoms with Crippen LogP contribution >= 0.6 is 0 Å². The summed E-state index contributed by atoms with van der Waals surface area (Å²) in [5.41, 5.74) is 0.0812. The van der Waals surface area contributed by atoms with Gasteiger partial charge in [0.2, 0.25) is 6.43 Å². The molecule has 1 nitrogen and oxygen atoms in total. The molecule has 0 spiro atoms. The summed E-state index contributed by atoms with van der Waals surface area (Å²) in [5.74, 6) is -0.403. The first kappa shape index (κ1) is 13.9. The van der Waals surface area contributed by atoms with Gasteiger partial charge in [-0.2, -0.15) is 0 Å². The molecule has 2 atom stereocenters. The van der Waals surface area contributed by atoms with Gasteiger partial charge in [0.05, 0.1) is 0 Å². The first-order chi connectivity index (χ1) is 7.23. The third-order valence-corrected chi connectivity index (χ3v) is 3.70. The fourth-order valence-corrected chi connectivity index (χ4v) is 2.71. The lowest BCUT2D eigenvalue weighted by Crippen LogP contribution is -2.53. The van der Waals surface area contributed by atoms with E-state index >= 15 is 0 Å². The molecule has 0 aromatic heterocycles. The summed E-state index contributed by atoms with van der Waals surface area (Å²) in [7, 11) is 0. The Morgan fingerprint density at radius 2 is 1.75 bits per heavy atom. The van der Waals surface area contributed by atoms with E-state index in [0.29, 0.717) is 18.9 Å². The van der Waals surface area contributed by atoms with Crippen molar-refractivity contribution >= 4 is 0 Å². The molecule has 1 aliphatic rings. The van der Waals surface area contributed by atoms with Gasteiger partial charge in [-0.25, -0.2) is 8.78 Å². The number of likely N-dealkylation sites (tertiary alicyclic amines) is 1. The fraction of sp³-hybridized carbons (Fsp3) is 1.00. The zero-order valence-corrected chi connectivity index (χ0v) is 11.1. The van der Waals surface area contributed by atoms with Gasteiger partial charge in [-0.3, -0.25) is 4.90 Å². The van der Waals surface area contributed by atoms with Crippen molar-refractivity contribution in [2.45, 2.75) is 66.0 Å². The van der Waals surface area contributed by atoms with E-state index in [4.69, 9.17) is 0 Å². The largest absolute Gasteiger partial charge is 0.297 e. The molecule has 1 heterocycles. The lowest BCUT2D eigenvalue weighted by Gasteiger charge is -2.47. The molecule has 0 aromatic carbocycles. The molecular formula is C13H25F2N. The second-order valence-corrected chi connectivity index (χ2v) is 6.33. The van der Waals surface area contributed by atoms with Crippen molar-refractivity contribution in [2.24, 2.45) is 11.3 Å². The summed E-state index contributed by atoms with van der Waals surface area (Å²) in [6.45, 7) is 11.6. The average Bonchev–Trinajstić information content (AvgIpc) is 2.15. The number of nitrogens with zero attached hydrogens (tertiary/aromatic N) is 1. The maximum Gasteiger partial charge on any atom is 0.241 e. The van der Waals surface area contributed by atoms with Crippen LogP contribution < -0.4 is 0 Å². The summed E-state index contributed by atoms with van der Waals surface area (Å²) in [4.78, 5) is 2.39. The Hall–Kier alpha value is -0.180. The highest BCUT2D eigenvalue weighted by atomic mass is 19.3. The van der Waals surface area contributed by atoms with Crippen LogP contribution in [0.3, 0.4) is 0 Å². The average molecular weight is 233 g/mol. The molecule has 0 aliphatic carbocycles. The van der Waals surface area contributed by atoms with E-state index in [9.17, 15) is 8.78 Å². The minimum Gasteiger partial charge on any atom is -0.297 e. The van der Waals surface area contributed by atoms with E-state index in [0.717, 1.165) is 6.54 Å². The van der Waals surface area contributed by atoms with E-state index in [-0.39, 0.29) is 11.5 Å². The Bertz CT molecular complexity index is 220. The van der Waals surface area contributed by atoms with Gasteiger partial charge in [-0.05, 0) is 38.6 Å². The Balaban J connectivity index is 2.78. The smallest absolute Gasteiger partial charge is 0.241 e. The molecular weight excluding hydrogens is 208 g/mol. The van der Waals surface area contributed by atoms with Crippen LogP contribution in [0.5, 0.6) is 0 Å². The van der Waals surface area contributed by atoms with Crippen LogP contribution in [0.1, 0.15) is 47.5 Å². The van der Waals surface area contributed by atoms with Gasteiger partial charge in [-0.15, -0.1) is 0 Å². The van der Waals surface area contributed by atoms with Crippen molar-refractivity contribution in [1.82, 2.24) is 4.90 Å². The predicted octanol–water partition coefficient (Wildman–Crippen LogP) is 3.79. The first-order valence-electron chi connectivity index (χ1n) is 6.27. The number of piperidine rings is 1. The molecule has 0 saturated carbocycles. The molecule has 1 saturated heterocycles. The Morgan fingerprint density at radius 3 is 2.12 bits per heavy atom. The van der Waals surface area contributed by atoms with Crippen molar-refractivity contribution in [3.8, 4) is 0 Å². The third-order valence-electron chi connectivity index (χ3n) is 3.70. The molecule has 16 heavy (non-hydrogen) atoms. The molecule has 0 radical (unpaired) electrons. The minimum absolute atomic E-state index is 0.0812. The van der Waals surface area contributed by atoms with E-state index in [2.05, 4.69) is 39.5 Å². The number of alkyl halides is 2. The molecule has 0 bridgehead atoms. The van der Waals surface area contributed by atoms with Crippen LogP contribution in [0, 0.1) is 11.3 Å². The van der Waals surface area contributed by atoms with Crippen LogP contribution in [0.25, 0.3) is 0 Å². The van der Waals surface area contributed by atoms with E-state index in [1.54, 1.807) is 0 Å². The summed E-state index contributed by atoms with van der Waals surface area (Å²) in [5, 5.41) is 0. The van der Waals surface area contributed by atoms with Crippen molar-refractivity contribution in [1.29, 1.82) is 0 Å². The third kappa shape index (κ3) is 3.16. The number of halogens is 2. The Morgan fingerprint density at radius 1 is 1.19 bits per heavy atom. The first-order valence-corrected chi connectivity index (χ1v) is 6.27. The second kappa shape index (κ2) is 4.99. The standard InChI is InChI=1S/C13H25F2N/c1-9(2)16-7-6-10(12(14)15)8-11(16)13(3,4)5/h9-12H,6-8H2,1-5H3. The highest BCUT2D eigenvalue weighted by molar-refractivity contribution is 4.91. The SMILES string of the molecule is CC(C)N1CCC(C(F)F)CC1C(C)(C)C. The van der Waals surface area contributed by atoms with Crippen molar-refractivity contribution in [3.63, 3.8) is 0 Å². The number of hydrogen-bond donors (Lipinski definition) is 0. The van der Waals surface area contributed by atoms with Crippen LogP contribution in [-0.4, -0.2) is 30.0 Å². The zero-order valence-electron chi connectivity index (χ0n) is 11.1. The highest BCUT2D eigenvalue weighted by Crippen LogP contribution is 2.37. The molecule has 3 heteroatoms. The molecule has 96 valence electrons. The maximum absolute atomic E-state index is 12.8. The quantitative estimate of drug-likeness (QED) is 0.701. The van der Waals surface area contributed by atoms with Gasteiger partial charge in [0.25, 0.3) is 0 Å². The van der Waals surface area contributed by atoms with Crippen molar-refractivity contribution < 1.29 is 8.78 Å². The molecule has 2 unspecified atom stereocenters. The van der Waals surface area contributed by atoms with E-state index in [1.165, 1.54) is 0 Å². The van der Waals surface area contributed by atoms with Gasteiger partial charge in [0.1, 0.15) is 0 Å². The summed E-state index contributed by atoms with van der Waals surface area (Å²) < 4.78 is 25.6. The lowest BCUT2D eigenvalue weighted by molar-refractivity contribution is -0.0326. The summed E-state index contributed by atoms with van der Waals surface area (Å²) in [6, 6.07) is 0.725. The van der Waals surface area contributed by atoms with Crippen LogP contribution in [0.4, 0.5) is 8.78 Å². The maximum atomic E-state index is 12.8. The molecule has 1 aliphatic heterocycles. The van der Waals surface area contributed by atoms with Gasteiger partial charge < -0.3 is 0 Å². The summed E-state index contributed by atoms with van der Waals surface area (Å²) in [6.07, 6.45) is -0.874. The normalized spacial score (nSPS) is 29.1. The topological polar surface area (TPSA) is 3.24 Å². The Kier molecular flexibility index (Phi) is 4.33. The predicted molar refractivity (Wildman–Crippen MR) is 63.8 cm³/mol. The fourth-order valence-electron chi connectivity index (χ4n) is 2.71. The summed E-state index contributed by atoms with van der Waals surface area (Å²) >= 11 is 0. The van der Waals surface area contributed by atoms with Crippen LogP contribution in [-0.2, 0) is 0 Å². The molecule has 0 aromatic rings. The molecule has 1 fully saturated rings. The molecule has 1 rings (SSSR count). The van der Waals surface area contributed by atoms with Gasteiger partial charge in [0, 0.05) is 18.0 Å². The van der Waals surface area contributed by atoms with Crippen LogP contribution in [0.2, 0.25) is 0 Å². The molecule has 0 amide bonds. The van der Waals surface area contributed by atoms with Crippen LogP contribution in [0.15, 0.2) is 0 Å². The molecule has 0 N–H and O–H groups in total. The van der Waals surface area contributed by atoms with E-state index < -0.39 is 12.3 Å². The van der Waals surface area contributed by atoms with Gasteiger partial charge in [-0.1, -0.05) is 20.8 Å². The highest BCUT2D eigenvalue weighted by Gasteiger charge is 2.39. The Labute approximate surface area is 98.2 Å². The van der Waals surface area contributed by atoms with E-state index in [1.807, 2.05) is 0 Å². The monoisotopic (exact) mass is 233 g/mol. The lowest BCUT2D eigenvalue weighted by atomic mass is 9.76. The minimum atomic E-state index is -2.15. The van der Waals surface area contributed by atoms with Crippen molar-refractivity contribution in [2.75, 3.05) is 6.54 Å². The second-order valence-electron chi connectivity index (χ2n) is 6.33. The van der Waals surface area contributed by atoms with Crippen molar-refractivity contribution in [3.05, 3.63) is 0 Å². The number of rotatable bonds is 2.